The van der Waals surface area contributed by atoms with Gasteiger partial charge in [-0.15, -0.1) is 0 Å². The van der Waals surface area contributed by atoms with Gasteiger partial charge in [0.25, 0.3) is 0 Å². The molecule has 1 aromatic heterocycles. The van der Waals surface area contributed by atoms with E-state index in [0.717, 1.165) is 33.1 Å². The monoisotopic (exact) mass is 586 g/mol. The molecule has 0 bridgehead atoms. The van der Waals surface area contributed by atoms with Gasteiger partial charge in [0.1, 0.15) is 11.2 Å². The van der Waals surface area contributed by atoms with Crippen LogP contribution in [0.4, 0.5) is 0 Å². The molecule has 1 heterocycles. The Labute approximate surface area is 268 Å². The highest BCUT2D eigenvalue weighted by Gasteiger charge is 2.18. The molecule has 0 N–H and O–H groups in total. The lowest BCUT2D eigenvalue weighted by Gasteiger charge is -2.19. The summed E-state index contributed by atoms with van der Waals surface area (Å²) in [7, 11) is 0. The lowest BCUT2D eigenvalue weighted by Crippen LogP contribution is -1.92. The summed E-state index contributed by atoms with van der Waals surface area (Å²) in [5.41, 5.74) is 12.7. The molecule has 9 rings (SSSR count). The van der Waals surface area contributed by atoms with E-state index in [2.05, 4.69) is 159 Å². The number of rotatable bonds is 4. The zero-order valence-electron chi connectivity index (χ0n) is 25.5. The van der Waals surface area contributed by atoms with Gasteiger partial charge in [0.05, 0.1) is 0 Å². The molecule has 0 saturated carbocycles. The van der Waals surface area contributed by atoms with Crippen LogP contribution < -0.4 is 0 Å². The van der Waals surface area contributed by atoms with Gasteiger partial charge in [-0.05, 0) is 85.6 Å². The van der Waals surface area contributed by atoms with Gasteiger partial charge in [0, 0.05) is 16.3 Å². The summed E-state index contributed by atoms with van der Waals surface area (Å²) in [4.78, 5) is 0. The fourth-order valence-corrected chi connectivity index (χ4v) is 7.15. The third-order valence-electron chi connectivity index (χ3n) is 9.34. The molecule has 0 spiro atoms. The minimum atomic E-state index is 0.917. The Morgan fingerprint density at radius 1 is 0.348 bits per heavy atom. The van der Waals surface area contributed by atoms with Crippen molar-refractivity contribution >= 4 is 43.5 Å². The van der Waals surface area contributed by atoms with Crippen LogP contribution in [0.15, 0.2) is 168 Å². The van der Waals surface area contributed by atoms with Gasteiger partial charge < -0.3 is 4.42 Å². The van der Waals surface area contributed by atoms with Crippen LogP contribution in [-0.2, 0) is 0 Å². The second-order valence-corrected chi connectivity index (χ2v) is 12.1. The Morgan fingerprint density at radius 3 is 1.70 bits per heavy atom. The molecule has 216 valence electrons. The van der Waals surface area contributed by atoms with Gasteiger partial charge in [0.15, 0.2) is 0 Å². The third kappa shape index (κ3) is 4.24. The van der Waals surface area contributed by atoms with E-state index in [1.165, 1.54) is 60.5 Å². The van der Waals surface area contributed by atoms with Gasteiger partial charge in [-0.25, -0.2) is 0 Å². The van der Waals surface area contributed by atoms with Gasteiger partial charge >= 0.3 is 0 Å². The van der Waals surface area contributed by atoms with Gasteiger partial charge in [-0.2, -0.15) is 0 Å². The van der Waals surface area contributed by atoms with Crippen molar-refractivity contribution in [3.63, 3.8) is 0 Å². The number of benzene rings is 8. The molecule has 0 unspecified atom stereocenters. The minimum Gasteiger partial charge on any atom is -0.455 e. The first-order valence-electron chi connectivity index (χ1n) is 15.8. The summed E-state index contributed by atoms with van der Waals surface area (Å²) in [6.45, 7) is 2.15. The van der Waals surface area contributed by atoms with E-state index in [1.54, 1.807) is 0 Å². The van der Waals surface area contributed by atoms with E-state index in [0.29, 0.717) is 0 Å². The average Bonchev–Trinajstić information content (AvgIpc) is 3.50. The molecule has 0 atom stereocenters. The normalized spacial score (nSPS) is 11.6. The maximum absolute atomic E-state index is 6.41. The summed E-state index contributed by atoms with van der Waals surface area (Å²) < 4.78 is 6.41. The Kier molecular flexibility index (Phi) is 6.11. The van der Waals surface area contributed by atoms with Gasteiger partial charge in [-0.3, -0.25) is 0 Å². The largest absolute Gasteiger partial charge is 0.455 e. The van der Waals surface area contributed by atoms with Crippen LogP contribution >= 0.6 is 0 Å². The van der Waals surface area contributed by atoms with Crippen molar-refractivity contribution in [1.82, 2.24) is 0 Å². The number of hydrogen-bond donors (Lipinski definition) is 0. The predicted octanol–water partition coefficient (Wildman–Crippen LogP) is 12.9. The molecule has 8 aromatic carbocycles. The summed E-state index contributed by atoms with van der Waals surface area (Å²) in [6, 6.07) is 59.2. The molecule has 0 saturated heterocycles. The summed E-state index contributed by atoms with van der Waals surface area (Å²) >= 11 is 0. The van der Waals surface area contributed by atoms with Crippen molar-refractivity contribution in [3.8, 4) is 44.5 Å². The number of aryl methyl sites for hydroxylation is 1. The smallest absolute Gasteiger partial charge is 0.143 e. The Balaban J connectivity index is 1.29. The van der Waals surface area contributed by atoms with E-state index in [-0.39, 0.29) is 0 Å². The van der Waals surface area contributed by atoms with Crippen molar-refractivity contribution in [2.24, 2.45) is 0 Å². The number of fused-ring (bicyclic) bond motifs is 5. The van der Waals surface area contributed by atoms with Crippen LogP contribution in [0.2, 0.25) is 0 Å². The first-order valence-corrected chi connectivity index (χ1v) is 15.8. The van der Waals surface area contributed by atoms with Gasteiger partial charge in [-0.1, -0.05) is 151 Å². The molecular formula is C45H30O. The van der Waals surface area contributed by atoms with E-state index < -0.39 is 0 Å². The highest BCUT2D eigenvalue weighted by Crippen LogP contribution is 2.45. The fourth-order valence-electron chi connectivity index (χ4n) is 7.15. The van der Waals surface area contributed by atoms with Crippen LogP contribution in [-0.4, -0.2) is 0 Å². The molecule has 0 aliphatic heterocycles. The molecule has 0 amide bonds. The maximum Gasteiger partial charge on any atom is 0.143 e. The topological polar surface area (TPSA) is 13.1 Å². The van der Waals surface area contributed by atoms with E-state index in [4.69, 9.17) is 4.42 Å². The molecule has 0 aliphatic rings. The van der Waals surface area contributed by atoms with Crippen LogP contribution in [0, 0.1) is 6.92 Å². The molecule has 0 radical (unpaired) electrons. The van der Waals surface area contributed by atoms with Crippen molar-refractivity contribution in [2.75, 3.05) is 0 Å². The predicted molar refractivity (Wildman–Crippen MR) is 195 cm³/mol. The second kappa shape index (κ2) is 10.6. The van der Waals surface area contributed by atoms with E-state index in [1.807, 2.05) is 12.1 Å². The summed E-state index contributed by atoms with van der Waals surface area (Å²) in [5.74, 6) is 0. The van der Waals surface area contributed by atoms with Crippen LogP contribution in [0.25, 0.3) is 88.0 Å². The number of hydrogen-bond acceptors (Lipinski definition) is 1. The number of furan rings is 1. The van der Waals surface area contributed by atoms with Crippen molar-refractivity contribution in [1.29, 1.82) is 0 Å². The highest BCUT2D eigenvalue weighted by molar-refractivity contribution is 6.22. The zero-order chi connectivity index (χ0) is 30.6. The molecule has 9 aromatic rings. The second-order valence-electron chi connectivity index (χ2n) is 12.1. The first-order chi connectivity index (χ1) is 22.7. The standard InChI is InChI=1S/C45H30O/c1-29-21-23-31(24-22-29)44-38-17-6-5-16-37(38)43(30-11-3-2-4-12-30)39-26-25-33(28-41(39)44)32-13-9-14-34(27-32)35-18-10-19-40-36-15-7-8-20-42(36)46-45(35)40/h2-28H,1H3. The van der Waals surface area contributed by atoms with Crippen LogP contribution in [0.5, 0.6) is 0 Å². The summed E-state index contributed by atoms with van der Waals surface area (Å²) in [6.07, 6.45) is 0. The quantitative estimate of drug-likeness (QED) is 0.187. The Morgan fingerprint density at radius 2 is 0.891 bits per heavy atom. The lowest BCUT2D eigenvalue weighted by molar-refractivity contribution is 0.670. The first kappa shape index (κ1) is 26.5. The van der Waals surface area contributed by atoms with Crippen molar-refractivity contribution < 1.29 is 4.42 Å². The SMILES string of the molecule is Cc1ccc(-c2c3ccccc3c(-c3ccccc3)c3ccc(-c4cccc(-c5cccc6c5oc5ccccc56)c4)cc23)cc1. The van der Waals surface area contributed by atoms with Gasteiger partial charge in [0.2, 0.25) is 0 Å². The number of para-hydroxylation sites is 2. The van der Waals surface area contributed by atoms with Crippen molar-refractivity contribution in [3.05, 3.63) is 169 Å². The van der Waals surface area contributed by atoms with Crippen LogP contribution in [0.1, 0.15) is 5.56 Å². The molecule has 46 heavy (non-hydrogen) atoms. The zero-order valence-corrected chi connectivity index (χ0v) is 25.5. The van der Waals surface area contributed by atoms with Crippen LogP contribution in [0.3, 0.4) is 0 Å². The minimum absolute atomic E-state index is 0.917. The maximum atomic E-state index is 6.41. The molecular weight excluding hydrogens is 556 g/mol. The highest BCUT2D eigenvalue weighted by atomic mass is 16.3. The molecule has 1 heteroatoms. The third-order valence-corrected chi connectivity index (χ3v) is 9.34. The fraction of sp³-hybridized carbons (Fsp3) is 0.0222. The lowest BCUT2D eigenvalue weighted by atomic mass is 9.84. The Bertz CT molecular complexity index is 2570. The van der Waals surface area contributed by atoms with E-state index >= 15 is 0 Å². The Hall–Kier alpha value is -5.92. The van der Waals surface area contributed by atoms with Crippen molar-refractivity contribution in [2.45, 2.75) is 6.92 Å². The molecule has 1 nitrogen and oxygen atoms in total. The average molecular weight is 587 g/mol. The molecule has 0 fully saturated rings. The molecule has 0 aliphatic carbocycles. The summed E-state index contributed by atoms with van der Waals surface area (Å²) in [5, 5.41) is 7.34. The van der Waals surface area contributed by atoms with E-state index in [9.17, 15) is 0 Å².